The second kappa shape index (κ2) is 14.1. The molecule has 218 valence electrons. The van der Waals surface area contributed by atoms with Crippen LogP contribution in [0.15, 0.2) is 73.2 Å². The van der Waals surface area contributed by atoms with Crippen LogP contribution in [0.4, 0.5) is 11.5 Å². The predicted octanol–water partition coefficient (Wildman–Crippen LogP) is 5.07. The first-order chi connectivity index (χ1) is 20.5. The summed E-state index contributed by atoms with van der Waals surface area (Å²) in [5.74, 6) is 1.72. The van der Waals surface area contributed by atoms with E-state index in [9.17, 15) is 5.11 Å². The molecular formula is C30H31ClN6O5. The van der Waals surface area contributed by atoms with Crippen molar-refractivity contribution in [2.75, 3.05) is 46.0 Å². The Balaban J connectivity index is 1.36. The summed E-state index contributed by atoms with van der Waals surface area (Å²) in [7, 11) is 3.24. The van der Waals surface area contributed by atoms with Gasteiger partial charge in [-0.2, -0.15) is 0 Å². The molecule has 2 aromatic heterocycles. The van der Waals surface area contributed by atoms with Crippen molar-refractivity contribution in [3.63, 3.8) is 0 Å². The minimum atomic E-state index is -0.772. The molecule has 0 bridgehead atoms. The third kappa shape index (κ3) is 7.31. The Kier molecular flexibility index (Phi) is 9.78. The van der Waals surface area contributed by atoms with Crippen LogP contribution < -0.4 is 14.8 Å². The highest BCUT2D eigenvalue weighted by Crippen LogP contribution is 2.35. The number of nitrogens with zero attached hydrogens (tertiary/aromatic N) is 5. The zero-order valence-corrected chi connectivity index (χ0v) is 24.0. The third-order valence-corrected chi connectivity index (χ3v) is 6.58. The van der Waals surface area contributed by atoms with E-state index >= 15 is 0 Å². The van der Waals surface area contributed by atoms with Gasteiger partial charge in [-0.05, 0) is 35.9 Å². The highest BCUT2D eigenvalue weighted by molar-refractivity contribution is 6.30. The number of ether oxygens (including phenoxy) is 4. The van der Waals surface area contributed by atoms with E-state index in [1.165, 1.54) is 6.33 Å². The summed E-state index contributed by atoms with van der Waals surface area (Å²) in [6.07, 6.45) is 2.52. The van der Waals surface area contributed by atoms with E-state index in [0.717, 1.165) is 16.6 Å². The first-order valence-electron chi connectivity index (χ1n) is 13.3. The molecule has 2 N–H and O–H groups in total. The van der Waals surface area contributed by atoms with Gasteiger partial charge in [-0.25, -0.2) is 14.6 Å². The van der Waals surface area contributed by atoms with Gasteiger partial charge in [0.1, 0.15) is 31.1 Å². The number of aromatic nitrogens is 5. The summed E-state index contributed by atoms with van der Waals surface area (Å²) in [5.41, 5.74) is 3.71. The molecule has 0 fully saturated rings. The van der Waals surface area contributed by atoms with E-state index in [-0.39, 0.29) is 6.54 Å². The molecular weight excluding hydrogens is 560 g/mol. The van der Waals surface area contributed by atoms with Crippen LogP contribution in [0.2, 0.25) is 5.02 Å². The van der Waals surface area contributed by atoms with Crippen LogP contribution in [-0.4, -0.2) is 70.7 Å². The molecule has 0 saturated heterocycles. The quantitative estimate of drug-likeness (QED) is 0.169. The number of methoxy groups -OCH3 is 2. The van der Waals surface area contributed by atoms with Crippen LogP contribution in [0.5, 0.6) is 11.5 Å². The SMILES string of the molecule is COCCOc1cc2ncnc(Nc3cccc(-c4cn(CC(O)c5cccc(Cl)c5)nn4)c3)c2cc1OCCOC. The monoisotopic (exact) mass is 590 g/mol. The lowest BCUT2D eigenvalue weighted by Gasteiger charge is -2.15. The van der Waals surface area contributed by atoms with Gasteiger partial charge < -0.3 is 29.4 Å². The lowest BCUT2D eigenvalue weighted by molar-refractivity contribution is 0.132. The van der Waals surface area contributed by atoms with Crippen LogP contribution in [-0.2, 0) is 16.0 Å². The highest BCUT2D eigenvalue weighted by Gasteiger charge is 2.15. The Morgan fingerprint density at radius 3 is 2.43 bits per heavy atom. The van der Waals surface area contributed by atoms with Gasteiger partial charge in [0, 0.05) is 41.9 Å². The summed E-state index contributed by atoms with van der Waals surface area (Å²) in [4.78, 5) is 8.92. The van der Waals surface area contributed by atoms with Crippen molar-refractivity contribution < 1.29 is 24.1 Å². The number of rotatable bonds is 14. The summed E-state index contributed by atoms with van der Waals surface area (Å²) < 4.78 is 23.7. The average molecular weight is 591 g/mol. The van der Waals surface area contributed by atoms with Crippen LogP contribution in [0, 0.1) is 0 Å². The van der Waals surface area contributed by atoms with E-state index in [1.807, 2.05) is 42.5 Å². The standard InChI is InChI=1S/C30H31ClN6O5/c1-39-9-11-41-28-15-24-25(16-29(28)42-12-10-40-2)32-19-33-30(24)34-23-8-4-5-20(14-23)26-17-37(36-35-26)18-27(38)21-6-3-7-22(31)13-21/h3-8,13-17,19,27,38H,9-12,18H2,1-2H3,(H,32,33,34). The Morgan fingerprint density at radius 1 is 0.905 bits per heavy atom. The normalized spacial score (nSPS) is 11.9. The van der Waals surface area contributed by atoms with Crippen molar-refractivity contribution >= 4 is 34.0 Å². The molecule has 42 heavy (non-hydrogen) atoms. The van der Waals surface area contributed by atoms with Gasteiger partial charge in [-0.3, -0.25) is 0 Å². The number of hydrogen-bond donors (Lipinski definition) is 2. The summed E-state index contributed by atoms with van der Waals surface area (Å²) in [6.45, 7) is 1.85. The van der Waals surface area contributed by atoms with Crippen molar-refractivity contribution in [1.82, 2.24) is 25.0 Å². The maximum Gasteiger partial charge on any atom is 0.163 e. The molecule has 1 atom stereocenters. The molecule has 5 rings (SSSR count). The van der Waals surface area contributed by atoms with Crippen LogP contribution in [0.25, 0.3) is 22.2 Å². The summed E-state index contributed by atoms with van der Waals surface area (Å²) in [6, 6.07) is 18.6. The fourth-order valence-corrected chi connectivity index (χ4v) is 4.47. The van der Waals surface area contributed by atoms with Crippen molar-refractivity contribution in [2.45, 2.75) is 12.6 Å². The maximum atomic E-state index is 10.6. The van der Waals surface area contributed by atoms with Crippen molar-refractivity contribution in [3.8, 4) is 22.8 Å². The van der Waals surface area contributed by atoms with E-state index < -0.39 is 6.10 Å². The molecule has 12 heteroatoms. The van der Waals surface area contributed by atoms with E-state index in [4.69, 9.17) is 30.5 Å². The molecule has 5 aromatic rings. The topological polar surface area (TPSA) is 126 Å². The first-order valence-corrected chi connectivity index (χ1v) is 13.6. The average Bonchev–Trinajstić information content (AvgIpc) is 3.46. The molecule has 11 nitrogen and oxygen atoms in total. The van der Waals surface area contributed by atoms with Crippen LogP contribution >= 0.6 is 11.6 Å². The zero-order valence-electron chi connectivity index (χ0n) is 23.2. The second-order valence-corrected chi connectivity index (χ2v) is 9.76. The van der Waals surface area contributed by atoms with Gasteiger partial charge in [0.15, 0.2) is 11.5 Å². The van der Waals surface area contributed by atoms with E-state index in [2.05, 4.69) is 25.6 Å². The lowest BCUT2D eigenvalue weighted by Crippen LogP contribution is -2.09. The maximum absolute atomic E-state index is 10.6. The number of anilines is 2. The van der Waals surface area contributed by atoms with E-state index in [0.29, 0.717) is 65.5 Å². The smallest absolute Gasteiger partial charge is 0.163 e. The molecule has 0 radical (unpaired) electrons. The van der Waals surface area contributed by atoms with Crippen molar-refractivity contribution in [3.05, 3.63) is 83.8 Å². The van der Waals surface area contributed by atoms with Crippen LogP contribution in [0.3, 0.4) is 0 Å². The lowest BCUT2D eigenvalue weighted by atomic mass is 10.1. The fraction of sp³-hybridized carbons (Fsp3) is 0.267. The van der Waals surface area contributed by atoms with Crippen molar-refractivity contribution in [2.24, 2.45) is 0 Å². The molecule has 2 heterocycles. The minimum Gasteiger partial charge on any atom is -0.487 e. The summed E-state index contributed by atoms with van der Waals surface area (Å²) in [5, 5.41) is 23.9. The number of fused-ring (bicyclic) bond motifs is 1. The van der Waals surface area contributed by atoms with Gasteiger partial charge in [0.2, 0.25) is 0 Å². The third-order valence-electron chi connectivity index (χ3n) is 6.34. The first kappa shape index (κ1) is 29.2. The Hall–Kier alpha value is -4.29. The largest absolute Gasteiger partial charge is 0.487 e. The van der Waals surface area contributed by atoms with Crippen molar-refractivity contribution in [1.29, 1.82) is 0 Å². The highest BCUT2D eigenvalue weighted by atomic mass is 35.5. The van der Waals surface area contributed by atoms with Crippen LogP contribution in [0.1, 0.15) is 11.7 Å². The molecule has 0 spiro atoms. The van der Waals surface area contributed by atoms with Gasteiger partial charge in [0.25, 0.3) is 0 Å². The van der Waals surface area contributed by atoms with E-state index in [1.54, 1.807) is 43.3 Å². The molecule has 1 unspecified atom stereocenters. The molecule has 3 aromatic carbocycles. The van der Waals surface area contributed by atoms with Gasteiger partial charge >= 0.3 is 0 Å². The number of nitrogens with one attached hydrogen (secondary N) is 1. The Bertz CT molecular complexity index is 1630. The number of hydrogen-bond acceptors (Lipinski definition) is 10. The molecule has 0 aliphatic carbocycles. The molecule has 0 aliphatic rings. The molecule has 0 amide bonds. The second-order valence-electron chi connectivity index (χ2n) is 9.32. The zero-order chi connectivity index (χ0) is 29.3. The number of aliphatic hydroxyl groups excluding tert-OH is 1. The number of benzene rings is 3. The summed E-state index contributed by atoms with van der Waals surface area (Å²) >= 11 is 6.06. The Labute approximate surface area is 248 Å². The number of halogens is 1. The fourth-order valence-electron chi connectivity index (χ4n) is 4.27. The van der Waals surface area contributed by atoms with Gasteiger partial charge in [-0.15, -0.1) is 5.10 Å². The number of aliphatic hydroxyl groups is 1. The predicted molar refractivity (Wildman–Crippen MR) is 159 cm³/mol. The van der Waals surface area contributed by atoms with Gasteiger partial charge in [-0.1, -0.05) is 41.1 Å². The molecule has 0 saturated carbocycles. The molecule has 0 aliphatic heterocycles. The Morgan fingerprint density at radius 2 is 1.67 bits per heavy atom. The van der Waals surface area contributed by atoms with Gasteiger partial charge in [0.05, 0.1) is 37.6 Å². The minimum absolute atomic E-state index is 0.240.